The van der Waals surface area contributed by atoms with Gasteiger partial charge in [0, 0.05) is 11.9 Å². The summed E-state index contributed by atoms with van der Waals surface area (Å²) in [5.41, 5.74) is 9.89. The lowest BCUT2D eigenvalue weighted by molar-refractivity contribution is 0.600. The van der Waals surface area contributed by atoms with Crippen molar-refractivity contribution < 1.29 is 0 Å². The van der Waals surface area contributed by atoms with Gasteiger partial charge < -0.3 is 5.43 Å². The Morgan fingerprint density at radius 3 is 2.12 bits per heavy atom. The van der Waals surface area contributed by atoms with Crippen LogP contribution < -0.4 is 16.0 Å². The summed E-state index contributed by atoms with van der Waals surface area (Å²) in [6.07, 6.45) is 2.09. The summed E-state index contributed by atoms with van der Waals surface area (Å²) in [7, 11) is 0. The lowest BCUT2D eigenvalue weighted by atomic mass is 10.1. The Labute approximate surface area is 104 Å². The maximum absolute atomic E-state index is 3.16. The minimum absolute atomic E-state index is 0.507. The van der Waals surface area contributed by atoms with Crippen LogP contribution in [0.1, 0.15) is 33.3 Å². The summed E-state index contributed by atoms with van der Waals surface area (Å²) >= 11 is 0. The second-order valence-electron chi connectivity index (χ2n) is 4.18. The monoisotopic (exact) mass is 233 g/mol. The van der Waals surface area contributed by atoms with Gasteiger partial charge in [-0.1, -0.05) is 45.4 Å². The van der Waals surface area contributed by atoms with Crippen molar-refractivity contribution in [1.82, 2.24) is 11.0 Å². The number of hydrogen-bond donors (Lipinski definition) is 2. The Bertz CT molecular complexity index is 366. The van der Waals surface area contributed by atoms with Gasteiger partial charge in [-0.3, -0.25) is 5.01 Å². The molecule has 1 aliphatic rings. The van der Waals surface area contributed by atoms with Gasteiger partial charge in [-0.2, -0.15) is 0 Å². The maximum atomic E-state index is 3.16. The predicted molar refractivity (Wildman–Crippen MR) is 74.2 cm³/mol. The molecule has 2 N–H and O–H groups in total. The Balaban J connectivity index is 0.000000686. The van der Waals surface area contributed by atoms with Crippen LogP contribution in [0.25, 0.3) is 0 Å². The Kier molecular flexibility index (Phi) is 5.04. The average molecular weight is 233 g/mol. The molecule has 2 rings (SSSR count). The van der Waals surface area contributed by atoms with Gasteiger partial charge >= 0.3 is 0 Å². The van der Waals surface area contributed by atoms with E-state index in [-0.39, 0.29) is 0 Å². The third-order valence-corrected chi connectivity index (χ3v) is 2.52. The Hall–Kier alpha value is -1.48. The van der Waals surface area contributed by atoms with E-state index >= 15 is 0 Å². The Morgan fingerprint density at radius 2 is 1.65 bits per heavy atom. The Morgan fingerprint density at radius 1 is 1.06 bits per heavy atom. The first-order valence-corrected chi connectivity index (χ1v) is 6.26. The van der Waals surface area contributed by atoms with E-state index in [1.165, 1.54) is 11.3 Å². The van der Waals surface area contributed by atoms with E-state index in [9.17, 15) is 0 Å². The molecule has 0 amide bonds. The molecule has 94 valence electrons. The van der Waals surface area contributed by atoms with Crippen LogP contribution in [0.5, 0.6) is 0 Å². The molecule has 0 radical (unpaired) electrons. The molecule has 3 nitrogen and oxygen atoms in total. The zero-order chi connectivity index (χ0) is 12.8. The molecule has 0 saturated carbocycles. The van der Waals surface area contributed by atoms with Crippen LogP contribution in [-0.4, -0.2) is 0 Å². The summed E-state index contributed by atoms with van der Waals surface area (Å²) in [6.45, 7) is 10.4. The second kappa shape index (κ2) is 6.30. The number of hydrazine groups is 2. The molecule has 0 spiro atoms. The van der Waals surface area contributed by atoms with Crippen LogP contribution in [0.4, 0.5) is 5.69 Å². The molecule has 0 unspecified atom stereocenters. The summed E-state index contributed by atoms with van der Waals surface area (Å²) in [6, 6.07) is 8.42. The summed E-state index contributed by atoms with van der Waals surface area (Å²) < 4.78 is 0. The molecule has 3 heteroatoms. The summed E-state index contributed by atoms with van der Waals surface area (Å²) in [5.74, 6) is 0.507. The van der Waals surface area contributed by atoms with Gasteiger partial charge in [0.2, 0.25) is 0 Å². The first-order valence-electron chi connectivity index (χ1n) is 6.26. The van der Waals surface area contributed by atoms with Crippen LogP contribution in [-0.2, 0) is 0 Å². The highest BCUT2D eigenvalue weighted by molar-refractivity contribution is 5.50. The van der Waals surface area contributed by atoms with Crippen molar-refractivity contribution in [1.29, 1.82) is 0 Å². The van der Waals surface area contributed by atoms with Crippen LogP contribution in [0.15, 0.2) is 36.2 Å². The maximum Gasteiger partial charge on any atom is 0.0589 e. The highest BCUT2D eigenvalue weighted by Gasteiger charge is 2.14. The van der Waals surface area contributed by atoms with E-state index in [0.29, 0.717) is 5.92 Å². The van der Waals surface area contributed by atoms with Crippen molar-refractivity contribution in [2.24, 2.45) is 5.92 Å². The number of benzene rings is 1. The van der Waals surface area contributed by atoms with Crippen molar-refractivity contribution >= 4 is 5.69 Å². The number of rotatable bonds is 2. The number of anilines is 1. The average Bonchev–Trinajstić information content (AvgIpc) is 2.82. The molecule has 1 aromatic rings. The van der Waals surface area contributed by atoms with Crippen molar-refractivity contribution in [3.8, 4) is 0 Å². The van der Waals surface area contributed by atoms with Crippen molar-refractivity contribution in [2.75, 3.05) is 5.01 Å². The van der Waals surface area contributed by atoms with Gasteiger partial charge in [0.1, 0.15) is 0 Å². The molecule has 0 bridgehead atoms. The van der Waals surface area contributed by atoms with Gasteiger partial charge in [0.25, 0.3) is 0 Å². The summed E-state index contributed by atoms with van der Waals surface area (Å²) in [4.78, 5) is 0. The predicted octanol–water partition coefficient (Wildman–Crippen LogP) is 3.35. The molecule has 1 aromatic carbocycles. The molecular weight excluding hydrogens is 210 g/mol. The van der Waals surface area contributed by atoms with E-state index in [2.05, 4.69) is 62.2 Å². The van der Waals surface area contributed by atoms with Crippen LogP contribution in [0, 0.1) is 12.8 Å². The normalized spacial score (nSPS) is 14.0. The molecule has 0 atom stereocenters. The quantitative estimate of drug-likeness (QED) is 0.820. The molecule has 0 saturated heterocycles. The second-order valence-corrected chi connectivity index (χ2v) is 4.18. The largest absolute Gasteiger partial charge is 0.306 e. The van der Waals surface area contributed by atoms with Crippen LogP contribution >= 0.6 is 0 Å². The fourth-order valence-electron chi connectivity index (χ4n) is 1.47. The lowest BCUT2D eigenvalue weighted by Crippen LogP contribution is -2.36. The third-order valence-electron chi connectivity index (χ3n) is 2.52. The third kappa shape index (κ3) is 3.49. The molecule has 1 heterocycles. The molecule has 17 heavy (non-hydrogen) atoms. The van der Waals surface area contributed by atoms with Crippen LogP contribution in [0.2, 0.25) is 0 Å². The zero-order valence-electron chi connectivity index (χ0n) is 11.4. The van der Waals surface area contributed by atoms with Gasteiger partial charge in [-0.15, -0.1) is 5.53 Å². The van der Waals surface area contributed by atoms with E-state index in [1.54, 1.807) is 0 Å². The van der Waals surface area contributed by atoms with Crippen LogP contribution in [0.3, 0.4) is 0 Å². The number of nitrogens with zero attached hydrogens (tertiary/aromatic N) is 1. The minimum atomic E-state index is 0.507. The van der Waals surface area contributed by atoms with E-state index in [4.69, 9.17) is 0 Å². The standard InChI is InChI=1S/C12H17N3.C2H6/c1-9(2)12-8-15(14-13-12)11-6-4-10(3)5-7-11;1-2/h4-9,13-14H,1-3H3;1-2H3. The van der Waals surface area contributed by atoms with Crippen molar-refractivity contribution in [3.63, 3.8) is 0 Å². The lowest BCUT2D eigenvalue weighted by Gasteiger charge is -2.15. The van der Waals surface area contributed by atoms with E-state index in [1.807, 2.05) is 18.9 Å². The minimum Gasteiger partial charge on any atom is -0.306 e. The van der Waals surface area contributed by atoms with Gasteiger partial charge in [-0.25, -0.2) is 0 Å². The van der Waals surface area contributed by atoms with Gasteiger partial charge in [-0.05, 0) is 25.0 Å². The van der Waals surface area contributed by atoms with Crippen molar-refractivity contribution in [2.45, 2.75) is 34.6 Å². The smallest absolute Gasteiger partial charge is 0.0589 e. The number of allylic oxidation sites excluding steroid dienone is 1. The number of hydrogen-bond acceptors (Lipinski definition) is 3. The molecular formula is C14H23N3. The number of aryl methyl sites for hydroxylation is 1. The SMILES string of the molecule is CC.Cc1ccc(N2C=C(C(C)C)NN2)cc1. The van der Waals surface area contributed by atoms with E-state index in [0.717, 1.165) is 5.69 Å². The molecule has 0 aromatic heterocycles. The number of nitrogens with one attached hydrogen (secondary N) is 2. The fourth-order valence-corrected chi connectivity index (χ4v) is 1.47. The summed E-state index contributed by atoms with van der Waals surface area (Å²) in [5, 5.41) is 1.99. The van der Waals surface area contributed by atoms with Crippen molar-refractivity contribution in [3.05, 3.63) is 41.7 Å². The van der Waals surface area contributed by atoms with Gasteiger partial charge in [0.05, 0.1) is 5.69 Å². The first-order chi connectivity index (χ1) is 8.16. The topological polar surface area (TPSA) is 27.3 Å². The highest BCUT2D eigenvalue weighted by atomic mass is 15.7. The highest BCUT2D eigenvalue weighted by Crippen LogP contribution is 2.18. The molecule has 0 aliphatic carbocycles. The first kappa shape index (κ1) is 13.6. The molecule has 0 fully saturated rings. The molecule has 1 aliphatic heterocycles. The fraction of sp³-hybridized carbons (Fsp3) is 0.429. The van der Waals surface area contributed by atoms with Gasteiger partial charge in [0.15, 0.2) is 0 Å². The zero-order valence-corrected chi connectivity index (χ0v) is 11.4. The van der Waals surface area contributed by atoms with E-state index < -0.39 is 0 Å².